The topological polar surface area (TPSA) is 213 Å². The SMILES string of the molecule is CC(C)(C)OC(=O)Oc1c(OC(=O)OC(C)(C)C)c(OC(=O)OC(C)(C)C)c(OC(=O)OC(C)(C)C)c(OC(=O)OC(C)(C)C)c1OC(=O)OC(C)(C)C. The number of hydrogen-bond acceptors (Lipinski definition) is 18. The van der Waals surface area contributed by atoms with Gasteiger partial charge in [-0.3, -0.25) is 0 Å². The highest BCUT2D eigenvalue weighted by Gasteiger charge is 2.42. The normalized spacial score (nSPS) is 12.3. The summed E-state index contributed by atoms with van der Waals surface area (Å²) in [5.41, 5.74) is -7.24. The van der Waals surface area contributed by atoms with Gasteiger partial charge in [-0.1, -0.05) is 0 Å². The molecule has 0 bridgehead atoms. The first-order valence-corrected chi connectivity index (χ1v) is 16.6. The van der Waals surface area contributed by atoms with Crippen molar-refractivity contribution in [3.8, 4) is 34.5 Å². The molecule has 1 rings (SSSR count). The van der Waals surface area contributed by atoms with Crippen LogP contribution in [0.25, 0.3) is 0 Å². The summed E-state index contributed by atoms with van der Waals surface area (Å²) in [5.74, 6) is -6.70. The number of benzene rings is 1. The lowest BCUT2D eigenvalue weighted by atomic mass is 10.2. The highest BCUT2D eigenvalue weighted by molar-refractivity contribution is 5.87. The fraction of sp³-hybridized carbons (Fsp3) is 0.667. The molecule has 54 heavy (non-hydrogen) atoms. The number of ether oxygens (including phenoxy) is 12. The van der Waals surface area contributed by atoms with Gasteiger partial charge in [-0.2, -0.15) is 0 Å². The molecule has 0 spiro atoms. The van der Waals surface area contributed by atoms with Crippen molar-refractivity contribution in [1.82, 2.24) is 0 Å². The van der Waals surface area contributed by atoms with E-state index >= 15 is 0 Å². The van der Waals surface area contributed by atoms with Crippen LogP contribution in [0, 0.1) is 0 Å². The molecule has 306 valence electrons. The average molecular weight is 775 g/mol. The number of hydrogen-bond donors (Lipinski definition) is 0. The van der Waals surface area contributed by atoms with Crippen molar-refractivity contribution in [1.29, 1.82) is 0 Å². The second-order valence-electron chi connectivity index (χ2n) is 17.4. The Morgan fingerprint density at radius 2 is 0.333 bits per heavy atom. The molecule has 0 atom stereocenters. The summed E-state index contributed by atoms with van der Waals surface area (Å²) in [6.07, 6.45) is -9.10. The zero-order valence-electron chi connectivity index (χ0n) is 34.3. The zero-order valence-corrected chi connectivity index (χ0v) is 34.3. The second-order valence-corrected chi connectivity index (χ2v) is 17.4. The molecular weight excluding hydrogens is 720 g/mol. The highest BCUT2D eigenvalue weighted by Crippen LogP contribution is 2.59. The maximum absolute atomic E-state index is 13.3. The first-order valence-electron chi connectivity index (χ1n) is 16.6. The first-order chi connectivity index (χ1) is 23.9. The molecule has 0 aromatic heterocycles. The summed E-state index contributed by atoms with van der Waals surface area (Å²) in [6, 6.07) is 0. The van der Waals surface area contributed by atoms with Crippen molar-refractivity contribution in [2.45, 2.75) is 158 Å². The van der Waals surface area contributed by atoms with E-state index in [2.05, 4.69) is 0 Å². The van der Waals surface area contributed by atoms with Gasteiger partial charge in [0.25, 0.3) is 0 Å². The summed E-state index contributed by atoms with van der Waals surface area (Å²) in [4.78, 5) is 79.6. The molecule has 0 unspecified atom stereocenters. The van der Waals surface area contributed by atoms with E-state index in [-0.39, 0.29) is 0 Å². The van der Waals surface area contributed by atoms with Crippen LogP contribution in [0.3, 0.4) is 0 Å². The van der Waals surface area contributed by atoms with Gasteiger partial charge in [-0.25, -0.2) is 28.8 Å². The molecule has 0 amide bonds. The van der Waals surface area contributed by atoms with Crippen LogP contribution in [0.15, 0.2) is 0 Å². The number of rotatable bonds is 6. The van der Waals surface area contributed by atoms with Crippen LogP contribution in [0.1, 0.15) is 125 Å². The molecular formula is C36H54O18. The molecule has 0 saturated carbocycles. The van der Waals surface area contributed by atoms with Crippen LogP contribution in [-0.2, 0) is 28.4 Å². The molecule has 0 aliphatic rings. The van der Waals surface area contributed by atoms with E-state index in [9.17, 15) is 28.8 Å². The van der Waals surface area contributed by atoms with Crippen molar-refractivity contribution in [3.05, 3.63) is 0 Å². The minimum atomic E-state index is -1.52. The third kappa shape index (κ3) is 18.6. The Labute approximate surface area is 315 Å². The Hall–Kier alpha value is -5.16. The predicted molar refractivity (Wildman–Crippen MR) is 188 cm³/mol. The third-order valence-corrected chi connectivity index (χ3v) is 4.69. The average Bonchev–Trinajstić information content (AvgIpc) is 2.83. The Morgan fingerprint density at radius 1 is 0.241 bits per heavy atom. The molecule has 0 aliphatic heterocycles. The minimum absolute atomic E-state index is 1.12. The summed E-state index contributed by atoms with van der Waals surface area (Å²) in [7, 11) is 0. The summed E-state index contributed by atoms with van der Waals surface area (Å²) < 4.78 is 64.3. The minimum Gasteiger partial charge on any atom is -0.428 e. The van der Waals surface area contributed by atoms with E-state index in [1.165, 1.54) is 125 Å². The molecule has 0 fully saturated rings. The van der Waals surface area contributed by atoms with Crippen LogP contribution in [0.5, 0.6) is 34.5 Å². The third-order valence-electron chi connectivity index (χ3n) is 4.69. The lowest BCUT2D eigenvalue weighted by Gasteiger charge is -2.27. The van der Waals surface area contributed by atoms with Gasteiger partial charge in [0.15, 0.2) is 0 Å². The smallest absolute Gasteiger partial charge is 0.428 e. The van der Waals surface area contributed by atoms with E-state index in [0.29, 0.717) is 0 Å². The quantitative estimate of drug-likeness (QED) is 0.149. The highest BCUT2D eigenvalue weighted by atomic mass is 16.8. The molecule has 1 aromatic rings. The molecule has 0 N–H and O–H groups in total. The first kappa shape index (κ1) is 46.9. The van der Waals surface area contributed by atoms with Gasteiger partial charge >= 0.3 is 36.9 Å². The summed E-state index contributed by atoms with van der Waals surface area (Å²) in [5, 5.41) is 0. The van der Waals surface area contributed by atoms with E-state index < -0.39 is 105 Å². The lowest BCUT2D eigenvalue weighted by molar-refractivity contribution is 0.00344. The van der Waals surface area contributed by atoms with Crippen molar-refractivity contribution in [3.63, 3.8) is 0 Å². The molecule has 18 heteroatoms. The Balaban J connectivity index is 4.67. The lowest BCUT2D eigenvalue weighted by Crippen LogP contribution is -2.31. The van der Waals surface area contributed by atoms with Crippen molar-refractivity contribution >= 4 is 36.9 Å². The Bertz CT molecular complexity index is 1240. The number of carbonyl (C=O) groups is 6. The second kappa shape index (κ2) is 16.9. The van der Waals surface area contributed by atoms with E-state index in [1.54, 1.807) is 0 Å². The van der Waals surface area contributed by atoms with E-state index in [0.717, 1.165) is 0 Å². The molecule has 0 aliphatic carbocycles. The Kier molecular flexibility index (Phi) is 14.7. The summed E-state index contributed by atoms with van der Waals surface area (Å²) in [6.45, 7) is 26.7. The molecule has 18 nitrogen and oxygen atoms in total. The summed E-state index contributed by atoms with van der Waals surface area (Å²) >= 11 is 0. The fourth-order valence-corrected chi connectivity index (χ4v) is 3.30. The van der Waals surface area contributed by atoms with Crippen molar-refractivity contribution in [2.24, 2.45) is 0 Å². The van der Waals surface area contributed by atoms with Gasteiger partial charge in [0, 0.05) is 0 Å². The molecule has 0 radical (unpaired) electrons. The maximum atomic E-state index is 13.3. The molecule has 0 saturated heterocycles. The maximum Gasteiger partial charge on any atom is 0.514 e. The predicted octanol–water partition coefficient (Wildman–Crippen LogP) is 9.57. The molecule has 0 heterocycles. The van der Waals surface area contributed by atoms with Gasteiger partial charge in [0.1, 0.15) is 33.6 Å². The molecule has 1 aromatic carbocycles. The van der Waals surface area contributed by atoms with E-state index in [1.807, 2.05) is 0 Å². The van der Waals surface area contributed by atoms with Crippen LogP contribution in [0.4, 0.5) is 28.8 Å². The standard InChI is InChI=1S/C36H54O18/c1-31(2,3)49-25(37)43-19-20(44-26(38)50-32(4,5)6)22(46-28(40)52-34(10,11)12)24(48-30(42)54-36(16,17)18)23(47-29(41)53-35(13,14)15)21(19)45-27(39)51-33(7,8)9/h1-18H3. The van der Waals surface area contributed by atoms with Gasteiger partial charge in [0.05, 0.1) is 0 Å². The van der Waals surface area contributed by atoms with Crippen LogP contribution in [0.2, 0.25) is 0 Å². The fourth-order valence-electron chi connectivity index (χ4n) is 3.30. The number of carbonyl (C=O) groups excluding carboxylic acids is 6. The van der Waals surface area contributed by atoms with Gasteiger partial charge in [0.2, 0.25) is 34.5 Å². The van der Waals surface area contributed by atoms with E-state index in [4.69, 9.17) is 56.8 Å². The largest absolute Gasteiger partial charge is 0.514 e. The van der Waals surface area contributed by atoms with Crippen molar-refractivity contribution in [2.75, 3.05) is 0 Å². The van der Waals surface area contributed by atoms with Gasteiger partial charge < -0.3 is 56.8 Å². The van der Waals surface area contributed by atoms with Crippen LogP contribution < -0.4 is 28.4 Å². The van der Waals surface area contributed by atoms with Gasteiger partial charge in [-0.15, -0.1) is 0 Å². The van der Waals surface area contributed by atoms with Crippen molar-refractivity contribution < 1.29 is 85.6 Å². The van der Waals surface area contributed by atoms with Crippen LogP contribution in [-0.4, -0.2) is 70.5 Å². The van der Waals surface area contributed by atoms with Gasteiger partial charge in [-0.05, 0) is 125 Å². The Morgan fingerprint density at radius 3 is 0.407 bits per heavy atom. The monoisotopic (exact) mass is 774 g/mol. The van der Waals surface area contributed by atoms with Crippen LogP contribution >= 0.6 is 0 Å². The zero-order chi connectivity index (χ0) is 42.4.